The number of aromatic nitrogens is 1. The molecule has 0 radical (unpaired) electrons. The van der Waals surface area contributed by atoms with Gasteiger partial charge in [-0.05, 0) is 39.0 Å². The lowest BCUT2D eigenvalue weighted by Gasteiger charge is -2.24. The molecule has 1 fully saturated rings. The second-order valence-corrected chi connectivity index (χ2v) is 12.1. The molecule has 1 aliphatic rings. The summed E-state index contributed by atoms with van der Waals surface area (Å²) in [6, 6.07) is 5.39. The van der Waals surface area contributed by atoms with Crippen LogP contribution in [0, 0.1) is 11.6 Å². The number of alkyl halides is 1. The first kappa shape index (κ1) is 31.7. The monoisotopic (exact) mass is 627 g/mol. The first-order valence-corrected chi connectivity index (χ1v) is 15.2. The molecule has 14 heteroatoms. The number of hydrogen-bond acceptors (Lipinski definition) is 6. The minimum Gasteiger partial charge on any atom is -0.350 e. The first-order chi connectivity index (χ1) is 19.9. The molecule has 1 aliphatic heterocycles. The lowest BCUT2D eigenvalue weighted by molar-refractivity contribution is -0.139. The molecule has 1 N–H and O–H groups in total. The van der Waals surface area contributed by atoms with Crippen LogP contribution >= 0.6 is 19.2 Å². The van der Waals surface area contributed by atoms with E-state index in [2.05, 4.69) is 5.32 Å². The van der Waals surface area contributed by atoms with E-state index in [-0.39, 0.29) is 65.1 Å². The zero-order valence-corrected chi connectivity index (χ0v) is 24.8. The lowest BCUT2D eigenvalue weighted by atomic mass is 10.1. The normalized spacial score (nSPS) is 17.2. The molecule has 226 valence electrons. The largest absolute Gasteiger partial charge is 0.364 e. The third-order valence-electron chi connectivity index (χ3n) is 6.89. The van der Waals surface area contributed by atoms with Crippen LogP contribution in [0.3, 0.4) is 0 Å². The number of halogens is 4. The Morgan fingerprint density at radius 3 is 2.48 bits per heavy atom. The maximum Gasteiger partial charge on any atom is 0.364 e. The highest BCUT2D eigenvalue weighted by atomic mass is 35.5. The van der Waals surface area contributed by atoms with E-state index in [1.807, 2.05) is 0 Å². The smallest absolute Gasteiger partial charge is 0.350 e. The van der Waals surface area contributed by atoms with Crippen molar-refractivity contribution >= 4 is 53.0 Å². The summed E-state index contributed by atoms with van der Waals surface area (Å²) in [6.45, 7) is 3.34. The Morgan fingerprint density at radius 2 is 1.83 bits per heavy atom. The Bertz CT molecular complexity index is 1570. The van der Waals surface area contributed by atoms with E-state index in [1.54, 1.807) is 13.8 Å². The fourth-order valence-corrected chi connectivity index (χ4v) is 6.80. The molecule has 0 bridgehead atoms. The molecule has 3 aromatic rings. The number of nitrogens with one attached hydrogen (secondary N) is 1. The van der Waals surface area contributed by atoms with Crippen molar-refractivity contribution in [3.05, 3.63) is 64.3 Å². The molecule has 2 heterocycles. The van der Waals surface area contributed by atoms with Gasteiger partial charge in [-0.1, -0.05) is 23.7 Å². The molecule has 2 amide bonds. The number of amides is 2. The number of fused-ring (bicyclic) bond motifs is 1. The van der Waals surface area contributed by atoms with Crippen LogP contribution in [0.4, 0.5) is 13.2 Å². The van der Waals surface area contributed by atoms with Crippen LogP contribution in [0.1, 0.15) is 43.1 Å². The summed E-state index contributed by atoms with van der Waals surface area (Å²) < 4.78 is 69.2. The minimum atomic E-state index is -4.08. The average molecular weight is 628 g/mol. The SMILES string of the molecule is CCOP(=O)(OCC)c1cc2c(cc1F)c(C(C)=O)cn2CC(=O)N1C[C@H](F)C[C@H]1C(=O)NCc1cccc(Cl)c1F. The van der Waals surface area contributed by atoms with Crippen LogP contribution in [0.5, 0.6) is 0 Å². The molecule has 4 rings (SSSR count). The summed E-state index contributed by atoms with van der Waals surface area (Å²) in [6.07, 6.45) is -0.395. The zero-order valence-electron chi connectivity index (χ0n) is 23.2. The first-order valence-electron chi connectivity index (χ1n) is 13.3. The summed E-state index contributed by atoms with van der Waals surface area (Å²) in [7, 11) is -4.08. The van der Waals surface area contributed by atoms with Gasteiger partial charge in [0.15, 0.2) is 5.78 Å². The summed E-state index contributed by atoms with van der Waals surface area (Å²) >= 11 is 5.79. The molecule has 0 spiro atoms. The number of ketones is 1. The van der Waals surface area contributed by atoms with Crippen molar-refractivity contribution in [1.82, 2.24) is 14.8 Å². The van der Waals surface area contributed by atoms with Crippen LogP contribution < -0.4 is 10.6 Å². The Balaban J connectivity index is 1.63. The number of carbonyl (C=O) groups excluding carboxylic acids is 3. The second-order valence-electron chi connectivity index (χ2n) is 9.71. The number of carbonyl (C=O) groups is 3. The van der Waals surface area contributed by atoms with E-state index in [4.69, 9.17) is 20.6 Å². The Kier molecular flexibility index (Phi) is 9.82. The quantitative estimate of drug-likeness (QED) is 0.239. The predicted molar refractivity (Wildman–Crippen MR) is 151 cm³/mol. The van der Waals surface area contributed by atoms with Crippen molar-refractivity contribution in [2.45, 2.75) is 52.5 Å². The van der Waals surface area contributed by atoms with Gasteiger partial charge in [-0.15, -0.1) is 0 Å². The lowest BCUT2D eigenvalue weighted by Crippen LogP contribution is -2.46. The molecule has 42 heavy (non-hydrogen) atoms. The second kappa shape index (κ2) is 13.0. The molecule has 0 aliphatic carbocycles. The summed E-state index contributed by atoms with van der Waals surface area (Å²) in [5.74, 6) is -3.35. The molecule has 1 saturated heterocycles. The van der Waals surface area contributed by atoms with Gasteiger partial charge in [0.05, 0.1) is 30.3 Å². The van der Waals surface area contributed by atoms with Gasteiger partial charge in [-0.3, -0.25) is 18.9 Å². The van der Waals surface area contributed by atoms with Crippen molar-refractivity contribution in [2.75, 3.05) is 19.8 Å². The molecule has 2 aromatic carbocycles. The van der Waals surface area contributed by atoms with Crippen LogP contribution in [-0.4, -0.2) is 59.0 Å². The number of likely N-dealkylation sites (tertiary alicyclic amines) is 1. The maximum absolute atomic E-state index is 15.2. The zero-order chi connectivity index (χ0) is 30.8. The van der Waals surface area contributed by atoms with Crippen molar-refractivity contribution in [1.29, 1.82) is 0 Å². The molecule has 1 aromatic heterocycles. The van der Waals surface area contributed by atoms with Gasteiger partial charge in [0.2, 0.25) is 11.8 Å². The number of Topliss-reactive ketones (excluding diaryl/α,β-unsaturated/α-hetero) is 1. The van der Waals surface area contributed by atoms with E-state index < -0.39 is 55.6 Å². The van der Waals surface area contributed by atoms with Gasteiger partial charge in [0.25, 0.3) is 0 Å². The third-order valence-corrected chi connectivity index (χ3v) is 9.31. The maximum atomic E-state index is 15.2. The van der Waals surface area contributed by atoms with E-state index in [0.29, 0.717) is 0 Å². The Labute approximate surface area is 245 Å². The van der Waals surface area contributed by atoms with Gasteiger partial charge in [-0.25, -0.2) is 13.2 Å². The van der Waals surface area contributed by atoms with E-state index in [1.165, 1.54) is 42.0 Å². The highest BCUT2D eigenvalue weighted by Gasteiger charge is 2.40. The van der Waals surface area contributed by atoms with Crippen molar-refractivity contribution in [3.8, 4) is 0 Å². The Morgan fingerprint density at radius 1 is 1.14 bits per heavy atom. The van der Waals surface area contributed by atoms with E-state index >= 15 is 4.39 Å². The van der Waals surface area contributed by atoms with Crippen molar-refractivity contribution in [3.63, 3.8) is 0 Å². The van der Waals surface area contributed by atoms with Crippen molar-refractivity contribution in [2.24, 2.45) is 0 Å². The topological polar surface area (TPSA) is 107 Å². The van der Waals surface area contributed by atoms with E-state index in [0.717, 1.165) is 11.0 Å². The molecule has 0 unspecified atom stereocenters. The highest BCUT2D eigenvalue weighted by Crippen LogP contribution is 2.48. The minimum absolute atomic E-state index is 0.0281. The van der Waals surface area contributed by atoms with E-state index in [9.17, 15) is 27.7 Å². The number of nitrogens with zero attached hydrogens (tertiary/aromatic N) is 2. The molecule has 0 saturated carbocycles. The summed E-state index contributed by atoms with van der Waals surface area (Å²) in [5.41, 5.74) is 0.421. The highest BCUT2D eigenvalue weighted by molar-refractivity contribution is 7.62. The standard InChI is InChI=1S/C28H30ClF3N3O6P/c1-4-40-42(39,41-5-2)25-11-23-19(10-22(25)31)20(16(3)36)14-34(23)15-26(37)35-13-18(30)9-24(35)28(38)33-12-17-7-6-8-21(29)27(17)32/h6-8,10-11,14,18,24H,4-5,9,12-13,15H2,1-3H3,(H,33,38)/t18-,24+/m1/s1. The van der Waals surface area contributed by atoms with Gasteiger partial charge < -0.3 is 23.8 Å². The molecular weight excluding hydrogens is 598 g/mol. The van der Waals surface area contributed by atoms with Gasteiger partial charge in [0.1, 0.15) is 35.7 Å². The number of benzene rings is 2. The molecular formula is C28H30ClF3N3O6P. The molecule has 9 nitrogen and oxygen atoms in total. The average Bonchev–Trinajstić information content (AvgIpc) is 3.49. The van der Waals surface area contributed by atoms with Crippen molar-refractivity contribution < 1.29 is 41.2 Å². The van der Waals surface area contributed by atoms with Gasteiger partial charge in [-0.2, -0.15) is 0 Å². The van der Waals surface area contributed by atoms with Crippen LogP contribution in [-0.2, 0) is 36.3 Å². The van der Waals surface area contributed by atoms with Gasteiger partial charge in [0, 0.05) is 35.7 Å². The fraction of sp³-hybridized carbons (Fsp3) is 0.393. The summed E-state index contributed by atoms with van der Waals surface area (Å²) in [5, 5.41) is 2.22. The third kappa shape index (κ3) is 6.41. The van der Waals surface area contributed by atoms with Crippen LogP contribution in [0.25, 0.3) is 10.9 Å². The van der Waals surface area contributed by atoms with Gasteiger partial charge >= 0.3 is 7.60 Å². The fourth-order valence-electron chi connectivity index (χ4n) is 4.97. The van der Waals surface area contributed by atoms with Crippen LogP contribution in [0.2, 0.25) is 5.02 Å². The number of hydrogen-bond donors (Lipinski definition) is 1. The number of rotatable bonds is 11. The van der Waals surface area contributed by atoms with Crippen LogP contribution in [0.15, 0.2) is 36.5 Å². The molecule has 2 atom stereocenters. The predicted octanol–water partition coefficient (Wildman–Crippen LogP) is 4.92. The Hall–Kier alpha value is -3.18. The summed E-state index contributed by atoms with van der Waals surface area (Å²) in [4.78, 5) is 39.8.